The second kappa shape index (κ2) is 10.6. The number of nitrogens with one attached hydrogen (secondary N) is 2. The lowest BCUT2D eigenvalue weighted by Gasteiger charge is -2.09. The molecule has 0 aliphatic heterocycles. The Kier molecular flexibility index (Phi) is 7.19. The number of amides is 1. The first-order valence-corrected chi connectivity index (χ1v) is 11.1. The summed E-state index contributed by atoms with van der Waals surface area (Å²) in [5, 5.41) is 6.09. The van der Waals surface area contributed by atoms with Crippen LogP contribution in [0.1, 0.15) is 28.4 Å². The van der Waals surface area contributed by atoms with Gasteiger partial charge >= 0.3 is 5.97 Å². The van der Waals surface area contributed by atoms with Gasteiger partial charge in [-0.2, -0.15) is 0 Å². The van der Waals surface area contributed by atoms with Crippen molar-refractivity contribution in [2.75, 3.05) is 18.5 Å². The van der Waals surface area contributed by atoms with E-state index in [1.165, 1.54) is 0 Å². The number of carbonyl (C=O) groups is 2. The molecule has 4 rings (SSSR count). The Bertz CT molecular complexity index is 1300. The van der Waals surface area contributed by atoms with Gasteiger partial charge in [0.25, 0.3) is 5.91 Å². The predicted molar refractivity (Wildman–Crippen MR) is 131 cm³/mol. The van der Waals surface area contributed by atoms with Crippen LogP contribution >= 0.6 is 0 Å². The van der Waals surface area contributed by atoms with Crippen LogP contribution in [0.15, 0.2) is 72.9 Å². The van der Waals surface area contributed by atoms with E-state index in [2.05, 4.69) is 10.6 Å². The fourth-order valence-electron chi connectivity index (χ4n) is 3.67. The second-order valence-electron chi connectivity index (χ2n) is 7.68. The molecule has 34 heavy (non-hydrogen) atoms. The lowest BCUT2D eigenvalue weighted by Crippen LogP contribution is -2.23. The molecule has 2 aromatic heterocycles. The lowest BCUT2D eigenvalue weighted by atomic mass is 10.1. The van der Waals surface area contributed by atoms with E-state index in [-0.39, 0.29) is 18.4 Å². The molecule has 0 atom stereocenters. The fourth-order valence-corrected chi connectivity index (χ4v) is 3.67. The third-order valence-electron chi connectivity index (χ3n) is 5.32. The first-order chi connectivity index (χ1) is 16.6. The van der Waals surface area contributed by atoms with E-state index in [0.29, 0.717) is 42.4 Å². The molecule has 0 saturated carbocycles. The molecule has 8 heteroatoms. The molecule has 0 unspecified atom stereocenters. The lowest BCUT2D eigenvalue weighted by molar-refractivity contribution is -0.140. The number of ether oxygens (including phenoxy) is 1. The number of carbonyl (C=O) groups excluding carboxylic acids is 2. The molecule has 0 saturated heterocycles. The summed E-state index contributed by atoms with van der Waals surface area (Å²) in [6.07, 6.45) is 1.77. The van der Waals surface area contributed by atoms with E-state index >= 15 is 0 Å². The zero-order valence-corrected chi connectivity index (χ0v) is 19.0. The standard InChI is InChI=1S/C26H27N5O3/c1-2-34-23(32)17-28-25-24(20-9-4-3-5-10-20)30-22-14-21(11-12-31(22)25)26(33)29-16-19-8-6-7-18(13-19)15-27/h3-14,28H,2,15-17,27H2,1H3,(H,29,33). The summed E-state index contributed by atoms with van der Waals surface area (Å²) >= 11 is 0. The normalized spacial score (nSPS) is 10.8. The zero-order valence-electron chi connectivity index (χ0n) is 19.0. The minimum absolute atomic E-state index is 0.00552. The van der Waals surface area contributed by atoms with Crippen LogP contribution in [0.3, 0.4) is 0 Å². The summed E-state index contributed by atoms with van der Waals surface area (Å²) in [5.41, 5.74) is 10.3. The topological polar surface area (TPSA) is 111 Å². The summed E-state index contributed by atoms with van der Waals surface area (Å²) < 4.78 is 6.86. The molecular weight excluding hydrogens is 430 g/mol. The first kappa shape index (κ1) is 23.0. The van der Waals surface area contributed by atoms with E-state index < -0.39 is 0 Å². The monoisotopic (exact) mass is 457 g/mol. The average Bonchev–Trinajstić information content (AvgIpc) is 3.24. The molecule has 0 aliphatic rings. The van der Waals surface area contributed by atoms with Crippen LogP contribution in [0.5, 0.6) is 0 Å². The minimum Gasteiger partial charge on any atom is -0.465 e. The molecule has 0 aliphatic carbocycles. The van der Waals surface area contributed by atoms with Gasteiger partial charge in [0, 0.05) is 30.4 Å². The predicted octanol–water partition coefficient (Wildman–Crippen LogP) is 3.37. The van der Waals surface area contributed by atoms with Gasteiger partial charge in [-0.3, -0.25) is 14.0 Å². The maximum atomic E-state index is 12.8. The maximum absolute atomic E-state index is 12.8. The number of benzene rings is 2. The number of pyridine rings is 1. The van der Waals surface area contributed by atoms with E-state index in [1.54, 1.807) is 25.3 Å². The van der Waals surface area contributed by atoms with Gasteiger partial charge in [-0.15, -0.1) is 0 Å². The molecule has 0 fully saturated rings. The van der Waals surface area contributed by atoms with Gasteiger partial charge in [0.05, 0.1) is 6.61 Å². The molecule has 0 radical (unpaired) electrons. The summed E-state index contributed by atoms with van der Waals surface area (Å²) in [5.74, 6) is 0.0944. The number of imidazole rings is 1. The van der Waals surface area contributed by atoms with Gasteiger partial charge < -0.3 is 21.1 Å². The molecule has 0 spiro atoms. The Hall–Kier alpha value is -4.17. The summed E-state index contributed by atoms with van der Waals surface area (Å²) in [7, 11) is 0. The van der Waals surface area contributed by atoms with Crippen molar-refractivity contribution in [3.8, 4) is 11.3 Å². The van der Waals surface area contributed by atoms with Crippen molar-refractivity contribution in [1.29, 1.82) is 0 Å². The van der Waals surface area contributed by atoms with Crippen LogP contribution in [-0.2, 0) is 22.6 Å². The molecule has 2 heterocycles. The molecule has 174 valence electrons. The van der Waals surface area contributed by atoms with Gasteiger partial charge in [0.2, 0.25) is 0 Å². The Labute approximate surface area is 197 Å². The highest BCUT2D eigenvalue weighted by atomic mass is 16.5. The van der Waals surface area contributed by atoms with Gasteiger partial charge in [0.15, 0.2) is 0 Å². The van der Waals surface area contributed by atoms with Crippen LogP contribution < -0.4 is 16.4 Å². The number of nitrogens with two attached hydrogens (primary N) is 1. The van der Waals surface area contributed by atoms with Crippen molar-refractivity contribution in [3.05, 3.63) is 89.6 Å². The van der Waals surface area contributed by atoms with Gasteiger partial charge in [-0.25, -0.2) is 4.98 Å². The fraction of sp³-hybridized carbons (Fsp3) is 0.192. The highest BCUT2D eigenvalue weighted by Crippen LogP contribution is 2.29. The van der Waals surface area contributed by atoms with E-state index in [4.69, 9.17) is 15.5 Å². The van der Waals surface area contributed by atoms with Crippen molar-refractivity contribution in [1.82, 2.24) is 14.7 Å². The van der Waals surface area contributed by atoms with E-state index in [0.717, 1.165) is 16.7 Å². The van der Waals surface area contributed by atoms with Crippen molar-refractivity contribution in [2.24, 2.45) is 5.73 Å². The van der Waals surface area contributed by atoms with Crippen molar-refractivity contribution in [3.63, 3.8) is 0 Å². The Balaban J connectivity index is 1.59. The number of hydrogen-bond acceptors (Lipinski definition) is 6. The maximum Gasteiger partial charge on any atom is 0.325 e. The highest BCUT2D eigenvalue weighted by molar-refractivity contribution is 5.95. The number of nitrogens with zero attached hydrogens (tertiary/aromatic N) is 2. The Morgan fingerprint density at radius 2 is 1.82 bits per heavy atom. The quantitative estimate of drug-likeness (QED) is 0.333. The number of anilines is 1. The smallest absolute Gasteiger partial charge is 0.325 e. The van der Waals surface area contributed by atoms with E-state index in [9.17, 15) is 9.59 Å². The van der Waals surface area contributed by atoms with Gasteiger partial charge in [0.1, 0.15) is 23.7 Å². The molecular formula is C26H27N5O3. The summed E-state index contributed by atoms with van der Waals surface area (Å²) in [6, 6.07) is 20.9. The molecule has 1 amide bonds. The second-order valence-corrected chi connectivity index (χ2v) is 7.68. The van der Waals surface area contributed by atoms with Crippen LogP contribution in [-0.4, -0.2) is 34.4 Å². The van der Waals surface area contributed by atoms with Gasteiger partial charge in [-0.1, -0.05) is 54.6 Å². The minimum atomic E-state index is -0.355. The summed E-state index contributed by atoms with van der Waals surface area (Å²) in [4.78, 5) is 29.5. The molecule has 4 aromatic rings. The molecule has 0 bridgehead atoms. The van der Waals surface area contributed by atoms with Crippen LogP contribution in [0.4, 0.5) is 5.82 Å². The first-order valence-electron chi connectivity index (χ1n) is 11.1. The van der Waals surface area contributed by atoms with Crippen molar-refractivity contribution in [2.45, 2.75) is 20.0 Å². The SMILES string of the molecule is CCOC(=O)CNc1c(-c2ccccc2)nc2cc(C(=O)NCc3cccc(CN)c3)ccn12. The molecule has 4 N–H and O–H groups in total. The van der Waals surface area contributed by atoms with Crippen molar-refractivity contribution >= 4 is 23.3 Å². The summed E-state index contributed by atoms with van der Waals surface area (Å²) in [6.45, 7) is 2.94. The average molecular weight is 458 g/mol. The number of esters is 1. The third-order valence-corrected chi connectivity index (χ3v) is 5.32. The number of hydrogen-bond donors (Lipinski definition) is 3. The van der Waals surface area contributed by atoms with Gasteiger partial charge in [-0.05, 0) is 30.2 Å². The van der Waals surface area contributed by atoms with E-state index in [1.807, 2.05) is 59.0 Å². The van der Waals surface area contributed by atoms with Crippen LogP contribution in [0.2, 0.25) is 0 Å². The largest absolute Gasteiger partial charge is 0.465 e. The Morgan fingerprint density at radius 1 is 1.03 bits per heavy atom. The third kappa shape index (κ3) is 5.24. The molecule has 2 aromatic carbocycles. The number of aromatic nitrogens is 2. The van der Waals surface area contributed by atoms with Crippen LogP contribution in [0.25, 0.3) is 16.9 Å². The zero-order chi connectivity index (χ0) is 23.9. The number of rotatable bonds is 9. The van der Waals surface area contributed by atoms with Crippen molar-refractivity contribution < 1.29 is 14.3 Å². The highest BCUT2D eigenvalue weighted by Gasteiger charge is 2.17. The van der Waals surface area contributed by atoms with Crippen LogP contribution in [0, 0.1) is 0 Å². The number of fused-ring (bicyclic) bond motifs is 1. The molecule has 8 nitrogen and oxygen atoms in total. The Morgan fingerprint density at radius 3 is 2.59 bits per heavy atom.